The van der Waals surface area contributed by atoms with Crippen molar-refractivity contribution in [1.82, 2.24) is 25.5 Å². The van der Waals surface area contributed by atoms with Crippen LogP contribution in [0.2, 0.25) is 5.02 Å². The van der Waals surface area contributed by atoms with Crippen LogP contribution >= 0.6 is 11.6 Å². The molecule has 1 aromatic heterocycles. The number of alkyl halides is 3. The Morgan fingerprint density at radius 2 is 2.10 bits per heavy atom. The lowest BCUT2D eigenvalue weighted by atomic mass is 10.2. The van der Waals surface area contributed by atoms with Gasteiger partial charge in [0.1, 0.15) is 0 Å². The zero-order chi connectivity index (χ0) is 15.6. The summed E-state index contributed by atoms with van der Waals surface area (Å²) in [5, 5.41) is 13.9. The van der Waals surface area contributed by atoms with Crippen LogP contribution < -0.4 is 5.32 Å². The van der Waals surface area contributed by atoms with E-state index in [9.17, 15) is 13.2 Å². The smallest absolute Gasteiger partial charge is 0.308 e. The van der Waals surface area contributed by atoms with Crippen molar-refractivity contribution < 1.29 is 13.2 Å². The Morgan fingerprint density at radius 3 is 2.71 bits per heavy atom. The molecule has 0 amide bonds. The number of tetrazole rings is 1. The van der Waals surface area contributed by atoms with Crippen LogP contribution in [-0.4, -0.2) is 26.8 Å². The van der Waals surface area contributed by atoms with Gasteiger partial charge in [-0.15, -0.1) is 5.10 Å². The van der Waals surface area contributed by atoms with Crippen molar-refractivity contribution in [3.63, 3.8) is 0 Å². The molecule has 0 bridgehead atoms. The van der Waals surface area contributed by atoms with Gasteiger partial charge in [0.25, 0.3) is 0 Å². The monoisotopic (exact) mass is 319 g/mol. The number of rotatable bonds is 4. The lowest BCUT2D eigenvalue weighted by Gasteiger charge is -2.14. The van der Waals surface area contributed by atoms with Gasteiger partial charge in [-0.25, -0.2) is 0 Å². The minimum Gasteiger partial charge on any atom is -0.308 e. The Balaban J connectivity index is 2.47. The Bertz CT molecular complexity index is 626. The predicted octanol–water partition coefficient (Wildman–Crippen LogP) is 3.01. The van der Waals surface area contributed by atoms with Crippen molar-refractivity contribution in [3.05, 3.63) is 34.6 Å². The number of hydrogen-bond acceptors (Lipinski definition) is 4. The van der Waals surface area contributed by atoms with Crippen molar-refractivity contribution in [1.29, 1.82) is 0 Å². The van der Waals surface area contributed by atoms with E-state index in [0.717, 1.165) is 6.07 Å². The molecule has 0 aliphatic heterocycles. The van der Waals surface area contributed by atoms with Crippen LogP contribution in [0.5, 0.6) is 0 Å². The van der Waals surface area contributed by atoms with E-state index in [4.69, 9.17) is 11.6 Å². The molecule has 5 nitrogen and oxygen atoms in total. The highest BCUT2D eigenvalue weighted by atomic mass is 35.5. The fraction of sp³-hybridized carbons (Fsp3) is 0.417. The van der Waals surface area contributed by atoms with Crippen LogP contribution in [0, 0.1) is 0 Å². The van der Waals surface area contributed by atoms with Crippen molar-refractivity contribution >= 4 is 11.6 Å². The molecule has 1 aromatic carbocycles. The molecule has 114 valence electrons. The Morgan fingerprint density at radius 1 is 1.38 bits per heavy atom. The normalized spacial score (nSPS) is 13.4. The predicted molar refractivity (Wildman–Crippen MR) is 71.3 cm³/mol. The maximum Gasteiger partial charge on any atom is 0.417 e. The van der Waals surface area contributed by atoms with Crippen LogP contribution in [0.15, 0.2) is 18.2 Å². The van der Waals surface area contributed by atoms with E-state index in [1.807, 2.05) is 13.8 Å². The quantitative estimate of drug-likeness (QED) is 0.941. The molecule has 9 heteroatoms. The summed E-state index contributed by atoms with van der Waals surface area (Å²) in [4.78, 5) is 0. The summed E-state index contributed by atoms with van der Waals surface area (Å²) in [6.45, 7) is 4.42. The molecule has 0 saturated heterocycles. The van der Waals surface area contributed by atoms with Gasteiger partial charge in [0.15, 0.2) is 5.82 Å². The minimum atomic E-state index is -4.53. The molecular weight excluding hydrogens is 307 g/mol. The number of nitrogens with zero attached hydrogens (tertiary/aromatic N) is 4. The van der Waals surface area contributed by atoms with Gasteiger partial charge in [-0.1, -0.05) is 18.5 Å². The second kappa shape index (κ2) is 5.98. The van der Waals surface area contributed by atoms with E-state index >= 15 is 0 Å². The van der Waals surface area contributed by atoms with E-state index in [-0.39, 0.29) is 16.8 Å². The van der Waals surface area contributed by atoms with Gasteiger partial charge >= 0.3 is 6.18 Å². The first-order valence-electron chi connectivity index (χ1n) is 6.23. The van der Waals surface area contributed by atoms with Gasteiger partial charge in [-0.05, 0) is 42.1 Å². The van der Waals surface area contributed by atoms with Crippen LogP contribution in [0.1, 0.15) is 31.3 Å². The largest absolute Gasteiger partial charge is 0.417 e. The molecular formula is C12H13ClF3N5. The molecule has 0 aliphatic carbocycles. The third-order valence-corrected chi connectivity index (χ3v) is 3.22. The first-order chi connectivity index (χ1) is 9.84. The van der Waals surface area contributed by atoms with Crippen LogP contribution in [0.25, 0.3) is 5.69 Å². The first-order valence-corrected chi connectivity index (χ1v) is 6.61. The molecule has 0 radical (unpaired) electrons. The van der Waals surface area contributed by atoms with Gasteiger partial charge < -0.3 is 5.32 Å². The van der Waals surface area contributed by atoms with Crippen molar-refractivity contribution in [3.8, 4) is 5.69 Å². The zero-order valence-corrected chi connectivity index (χ0v) is 12.1. The summed E-state index contributed by atoms with van der Waals surface area (Å²) in [5.41, 5.74) is -0.712. The summed E-state index contributed by atoms with van der Waals surface area (Å²) in [6, 6.07) is 3.36. The average molecular weight is 320 g/mol. The Hall–Kier alpha value is -1.67. The lowest BCUT2D eigenvalue weighted by molar-refractivity contribution is -0.137. The maximum atomic E-state index is 12.9. The number of halogens is 4. The maximum absolute atomic E-state index is 12.9. The average Bonchev–Trinajstić information content (AvgIpc) is 2.87. The molecule has 2 rings (SSSR count). The third-order valence-electron chi connectivity index (χ3n) is 2.89. The van der Waals surface area contributed by atoms with Crippen molar-refractivity contribution in [2.24, 2.45) is 0 Å². The minimum absolute atomic E-state index is 0.199. The number of aromatic nitrogens is 4. The van der Waals surface area contributed by atoms with Crippen LogP contribution in [-0.2, 0) is 6.18 Å². The number of nitrogens with one attached hydrogen (secondary N) is 1. The topological polar surface area (TPSA) is 55.6 Å². The second-order valence-electron chi connectivity index (χ2n) is 4.39. The summed E-state index contributed by atoms with van der Waals surface area (Å²) in [7, 11) is 0. The van der Waals surface area contributed by atoms with Crippen molar-refractivity contribution in [2.75, 3.05) is 6.54 Å². The molecule has 1 N–H and O–H groups in total. The zero-order valence-electron chi connectivity index (χ0n) is 11.3. The molecule has 0 saturated carbocycles. The van der Waals surface area contributed by atoms with Gasteiger partial charge in [0, 0.05) is 0 Å². The Labute approximate surface area is 124 Å². The highest BCUT2D eigenvalue weighted by Crippen LogP contribution is 2.35. The highest BCUT2D eigenvalue weighted by Gasteiger charge is 2.33. The number of hydrogen-bond donors (Lipinski definition) is 1. The van der Waals surface area contributed by atoms with E-state index in [2.05, 4.69) is 20.8 Å². The third kappa shape index (κ3) is 3.33. The van der Waals surface area contributed by atoms with Gasteiger partial charge in [-0.3, -0.25) is 0 Å². The van der Waals surface area contributed by atoms with Crippen LogP contribution in [0.4, 0.5) is 13.2 Å². The molecule has 2 aromatic rings. The molecule has 0 fully saturated rings. The van der Waals surface area contributed by atoms with Gasteiger partial charge in [0.05, 0.1) is 22.3 Å². The Kier molecular flexibility index (Phi) is 4.48. The lowest BCUT2D eigenvalue weighted by Crippen LogP contribution is -2.21. The molecule has 0 aliphatic rings. The van der Waals surface area contributed by atoms with Gasteiger partial charge in [0.2, 0.25) is 0 Å². The second-order valence-corrected chi connectivity index (χ2v) is 4.80. The van der Waals surface area contributed by atoms with Crippen molar-refractivity contribution in [2.45, 2.75) is 26.1 Å². The summed E-state index contributed by atoms with van der Waals surface area (Å²) < 4.78 is 39.9. The van der Waals surface area contributed by atoms with E-state index < -0.39 is 11.7 Å². The molecule has 21 heavy (non-hydrogen) atoms. The van der Waals surface area contributed by atoms with E-state index in [1.165, 1.54) is 16.8 Å². The summed E-state index contributed by atoms with van der Waals surface area (Å²) in [5.74, 6) is 0.423. The standard InChI is InChI=1S/C12H13ClF3N5/c1-3-17-7(2)11-18-19-20-21(11)8-4-5-10(13)9(6-8)12(14,15)16/h4-7,17H,3H2,1-2H3. The van der Waals surface area contributed by atoms with E-state index in [0.29, 0.717) is 12.4 Å². The molecule has 1 unspecified atom stereocenters. The molecule has 1 heterocycles. The summed E-state index contributed by atoms with van der Waals surface area (Å²) >= 11 is 5.60. The fourth-order valence-electron chi connectivity index (χ4n) is 1.91. The van der Waals surface area contributed by atoms with Crippen LogP contribution in [0.3, 0.4) is 0 Å². The highest BCUT2D eigenvalue weighted by molar-refractivity contribution is 6.31. The molecule has 1 atom stereocenters. The fourth-order valence-corrected chi connectivity index (χ4v) is 2.13. The summed E-state index contributed by atoms with van der Waals surface area (Å²) in [6.07, 6.45) is -4.53. The van der Waals surface area contributed by atoms with E-state index in [1.54, 1.807) is 0 Å². The first kappa shape index (κ1) is 15.7. The SMILES string of the molecule is CCNC(C)c1nnnn1-c1ccc(Cl)c(C(F)(F)F)c1. The molecule has 0 spiro atoms. The van der Waals surface area contributed by atoms with Gasteiger partial charge in [-0.2, -0.15) is 17.9 Å². The number of benzene rings is 1.